The number of sulfonamides is 1. The minimum atomic E-state index is -3.99. The van der Waals surface area contributed by atoms with Crippen LogP contribution in [0.1, 0.15) is 10.4 Å². The van der Waals surface area contributed by atoms with E-state index in [4.69, 9.17) is 16.0 Å². The average molecular weight is 351 g/mol. The van der Waals surface area contributed by atoms with Crippen molar-refractivity contribution in [2.75, 3.05) is 0 Å². The summed E-state index contributed by atoms with van der Waals surface area (Å²) in [5, 5.41) is 0.404. The third-order valence-electron chi connectivity index (χ3n) is 3.13. The molecule has 0 radical (unpaired) electrons. The summed E-state index contributed by atoms with van der Waals surface area (Å²) >= 11 is 5.73. The SMILES string of the molecule is O=C(NS(=O)(=O)c1ccc(Cl)cc1)c1c[nH]cc1-c1ccco1. The number of hydrogen-bond donors (Lipinski definition) is 2. The number of carbonyl (C=O) groups is 1. The predicted molar refractivity (Wildman–Crippen MR) is 84.6 cm³/mol. The molecule has 8 heteroatoms. The molecule has 23 heavy (non-hydrogen) atoms. The Morgan fingerprint density at radius 3 is 2.52 bits per heavy atom. The first-order valence-corrected chi connectivity index (χ1v) is 8.37. The van der Waals surface area contributed by atoms with Gasteiger partial charge in [-0.1, -0.05) is 11.6 Å². The molecule has 3 rings (SSSR count). The van der Waals surface area contributed by atoms with Crippen LogP contribution in [0, 0.1) is 0 Å². The van der Waals surface area contributed by atoms with Gasteiger partial charge in [0.05, 0.1) is 16.7 Å². The molecular weight excluding hydrogens is 340 g/mol. The van der Waals surface area contributed by atoms with Crippen molar-refractivity contribution in [3.05, 3.63) is 65.6 Å². The number of benzene rings is 1. The lowest BCUT2D eigenvalue weighted by Gasteiger charge is -2.07. The Balaban J connectivity index is 1.88. The van der Waals surface area contributed by atoms with Crippen LogP contribution in [0.25, 0.3) is 11.3 Å². The number of rotatable bonds is 4. The Morgan fingerprint density at radius 1 is 1.13 bits per heavy atom. The maximum Gasteiger partial charge on any atom is 0.267 e. The van der Waals surface area contributed by atoms with E-state index in [1.807, 2.05) is 4.72 Å². The lowest BCUT2D eigenvalue weighted by molar-refractivity contribution is 0.0982. The summed E-state index contributed by atoms with van der Waals surface area (Å²) in [7, 11) is -3.99. The summed E-state index contributed by atoms with van der Waals surface area (Å²) in [6.07, 6.45) is 4.43. The van der Waals surface area contributed by atoms with Gasteiger partial charge in [-0.25, -0.2) is 13.1 Å². The van der Waals surface area contributed by atoms with Crippen LogP contribution >= 0.6 is 11.6 Å². The first-order valence-electron chi connectivity index (χ1n) is 6.51. The first-order chi connectivity index (χ1) is 11.0. The quantitative estimate of drug-likeness (QED) is 0.756. The topological polar surface area (TPSA) is 92.2 Å². The highest BCUT2D eigenvalue weighted by Crippen LogP contribution is 2.24. The van der Waals surface area contributed by atoms with E-state index in [1.165, 1.54) is 36.7 Å². The van der Waals surface area contributed by atoms with Crippen LogP contribution in [-0.2, 0) is 10.0 Å². The van der Waals surface area contributed by atoms with E-state index in [2.05, 4.69) is 4.98 Å². The number of nitrogens with one attached hydrogen (secondary N) is 2. The van der Waals surface area contributed by atoms with E-state index in [0.717, 1.165) is 0 Å². The largest absolute Gasteiger partial charge is 0.464 e. The van der Waals surface area contributed by atoms with Gasteiger partial charge in [-0.2, -0.15) is 0 Å². The number of aromatic nitrogens is 1. The van der Waals surface area contributed by atoms with Gasteiger partial charge in [0.15, 0.2) is 0 Å². The number of carbonyl (C=O) groups excluding carboxylic acids is 1. The number of furan rings is 1. The highest BCUT2D eigenvalue weighted by Gasteiger charge is 2.22. The molecule has 0 saturated carbocycles. The summed E-state index contributed by atoms with van der Waals surface area (Å²) in [6.45, 7) is 0. The van der Waals surface area contributed by atoms with E-state index in [-0.39, 0.29) is 10.5 Å². The lowest BCUT2D eigenvalue weighted by atomic mass is 10.1. The molecule has 0 spiro atoms. The summed E-state index contributed by atoms with van der Waals surface area (Å²) < 4.78 is 31.7. The van der Waals surface area contributed by atoms with Crippen molar-refractivity contribution in [2.24, 2.45) is 0 Å². The molecule has 118 valence electrons. The molecule has 2 heterocycles. The van der Waals surface area contributed by atoms with E-state index in [0.29, 0.717) is 16.3 Å². The molecule has 0 unspecified atom stereocenters. The van der Waals surface area contributed by atoms with Crippen molar-refractivity contribution in [2.45, 2.75) is 4.90 Å². The number of aromatic amines is 1. The van der Waals surface area contributed by atoms with Gasteiger partial charge in [0, 0.05) is 23.0 Å². The molecule has 1 aromatic carbocycles. The number of amides is 1. The van der Waals surface area contributed by atoms with Crippen LogP contribution in [0.15, 0.2) is 64.4 Å². The fourth-order valence-electron chi connectivity index (χ4n) is 2.04. The van der Waals surface area contributed by atoms with E-state index in [1.54, 1.807) is 18.3 Å². The van der Waals surface area contributed by atoms with Crippen molar-refractivity contribution in [3.8, 4) is 11.3 Å². The minimum absolute atomic E-state index is 0.0506. The monoisotopic (exact) mass is 350 g/mol. The van der Waals surface area contributed by atoms with Crippen molar-refractivity contribution in [3.63, 3.8) is 0 Å². The Labute approximate surface area is 137 Å². The van der Waals surface area contributed by atoms with Gasteiger partial charge in [-0.15, -0.1) is 0 Å². The smallest absolute Gasteiger partial charge is 0.267 e. The van der Waals surface area contributed by atoms with Gasteiger partial charge in [0.1, 0.15) is 5.76 Å². The third kappa shape index (κ3) is 3.15. The van der Waals surface area contributed by atoms with Crippen LogP contribution < -0.4 is 4.72 Å². The maximum atomic E-state index is 12.3. The Morgan fingerprint density at radius 2 is 1.87 bits per heavy atom. The fourth-order valence-corrected chi connectivity index (χ4v) is 3.13. The van der Waals surface area contributed by atoms with Crippen LogP contribution in [0.2, 0.25) is 5.02 Å². The Hall–Kier alpha value is -2.51. The number of halogens is 1. The number of H-pyrrole nitrogens is 1. The zero-order valence-electron chi connectivity index (χ0n) is 11.6. The van der Waals surface area contributed by atoms with Gasteiger partial charge in [-0.3, -0.25) is 4.79 Å². The highest BCUT2D eigenvalue weighted by atomic mass is 35.5. The van der Waals surface area contributed by atoms with Crippen molar-refractivity contribution in [1.29, 1.82) is 0 Å². The molecule has 1 amide bonds. The average Bonchev–Trinajstić information content (AvgIpc) is 3.18. The molecule has 0 saturated heterocycles. The lowest BCUT2D eigenvalue weighted by Crippen LogP contribution is -2.30. The molecule has 0 aliphatic carbocycles. The maximum absolute atomic E-state index is 12.3. The van der Waals surface area contributed by atoms with Gasteiger partial charge < -0.3 is 9.40 Å². The Bertz CT molecular complexity index is 928. The summed E-state index contributed by atoms with van der Waals surface area (Å²) in [5.41, 5.74) is 0.635. The minimum Gasteiger partial charge on any atom is -0.464 e. The van der Waals surface area contributed by atoms with Gasteiger partial charge in [0.25, 0.3) is 15.9 Å². The van der Waals surface area contributed by atoms with Crippen LogP contribution in [0.3, 0.4) is 0 Å². The predicted octanol–water partition coefficient (Wildman–Crippen LogP) is 3.05. The molecule has 0 aliphatic heterocycles. The normalized spacial score (nSPS) is 11.3. The molecule has 3 aromatic rings. The van der Waals surface area contributed by atoms with Crippen molar-refractivity contribution < 1.29 is 17.6 Å². The van der Waals surface area contributed by atoms with Gasteiger partial charge in [0.2, 0.25) is 0 Å². The molecule has 0 aliphatic rings. The standard InChI is InChI=1S/C15H11ClN2O4S/c16-10-3-5-11(6-4-10)23(20,21)18-15(19)13-9-17-8-12(13)14-2-1-7-22-14/h1-9,17H,(H,18,19). The van der Waals surface area contributed by atoms with Crippen LogP contribution in [0.5, 0.6) is 0 Å². The second kappa shape index (κ2) is 5.94. The van der Waals surface area contributed by atoms with Crippen molar-refractivity contribution in [1.82, 2.24) is 9.71 Å². The zero-order chi connectivity index (χ0) is 16.4. The number of hydrogen-bond acceptors (Lipinski definition) is 4. The highest BCUT2D eigenvalue weighted by molar-refractivity contribution is 7.90. The van der Waals surface area contributed by atoms with E-state index in [9.17, 15) is 13.2 Å². The summed E-state index contributed by atoms with van der Waals surface area (Å²) in [5.74, 6) is -0.298. The second-order valence-corrected chi connectivity index (χ2v) is 6.77. The molecule has 0 atom stereocenters. The zero-order valence-corrected chi connectivity index (χ0v) is 13.2. The van der Waals surface area contributed by atoms with Crippen LogP contribution in [-0.4, -0.2) is 19.3 Å². The first kappa shape index (κ1) is 15.4. The second-order valence-electron chi connectivity index (χ2n) is 4.65. The fraction of sp³-hybridized carbons (Fsp3) is 0. The Kier molecular flexibility index (Phi) is 3.97. The third-order valence-corrected chi connectivity index (χ3v) is 4.73. The molecule has 2 aromatic heterocycles. The van der Waals surface area contributed by atoms with E-state index < -0.39 is 15.9 Å². The van der Waals surface area contributed by atoms with Crippen LogP contribution in [0.4, 0.5) is 0 Å². The molecule has 6 nitrogen and oxygen atoms in total. The van der Waals surface area contributed by atoms with Gasteiger partial charge in [-0.05, 0) is 36.4 Å². The molecule has 2 N–H and O–H groups in total. The van der Waals surface area contributed by atoms with E-state index >= 15 is 0 Å². The summed E-state index contributed by atoms with van der Waals surface area (Å²) in [6, 6.07) is 8.86. The van der Waals surface area contributed by atoms with Gasteiger partial charge >= 0.3 is 0 Å². The van der Waals surface area contributed by atoms with Crippen molar-refractivity contribution >= 4 is 27.5 Å². The molecule has 0 fully saturated rings. The molecular formula is C15H11ClN2O4S. The molecule has 0 bridgehead atoms. The summed E-state index contributed by atoms with van der Waals surface area (Å²) in [4.78, 5) is 15.0.